The number of carbonyl (C=O) groups is 1. The highest BCUT2D eigenvalue weighted by Gasteiger charge is 2.25. The molecule has 2 unspecified atom stereocenters. The number of rotatable bonds is 5. The van der Waals surface area contributed by atoms with E-state index in [4.69, 9.17) is 21.1 Å². The maximum Gasteiger partial charge on any atom is 0.235 e. The first-order chi connectivity index (χ1) is 12.0. The Labute approximate surface area is 155 Å². The van der Waals surface area contributed by atoms with Gasteiger partial charge >= 0.3 is 0 Å². The van der Waals surface area contributed by atoms with Crippen molar-refractivity contribution in [2.24, 2.45) is 0 Å². The van der Waals surface area contributed by atoms with E-state index < -0.39 is 16.0 Å². The summed E-state index contributed by atoms with van der Waals surface area (Å²) in [6, 6.07) is 3.76. The first-order valence-electron chi connectivity index (χ1n) is 8.80. The van der Waals surface area contributed by atoms with Crippen molar-refractivity contribution in [3.05, 3.63) is 22.7 Å². The molecular formula is C18H24ClNO4S. The normalized spacial score (nSPS) is 19.9. The molecule has 2 aliphatic rings. The van der Waals surface area contributed by atoms with E-state index in [2.05, 4.69) is 5.32 Å². The van der Waals surface area contributed by atoms with E-state index >= 15 is 0 Å². The second-order valence-corrected chi connectivity index (χ2v) is 8.78. The molecule has 1 heterocycles. The van der Waals surface area contributed by atoms with Gasteiger partial charge in [-0.3, -0.25) is 9.00 Å². The summed E-state index contributed by atoms with van der Waals surface area (Å²) in [5.74, 6) is 1.24. The van der Waals surface area contributed by atoms with E-state index in [-0.39, 0.29) is 17.7 Å². The van der Waals surface area contributed by atoms with Gasteiger partial charge in [0.2, 0.25) is 5.91 Å². The SMILES string of the molecule is CC(C(=O)NC1CCCCC1)S(=O)Cc1cc(Cl)c2c(c1)OCCO2. The van der Waals surface area contributed by atoms with E-state index in [0.29, 0.717) is 29.7 Å². The number of carbonyl (C=O) groups excluding carboxylic acids is 1. The number of fused-ring (bicyclic) bond motifs is 1. The van der Waals surface area contributed by atoms with Crippen molar-refractivity contribution in [1.29, 1.82) is 0 Å². The summed E-state index contributed by atoms with van der Waals surface area (Å²) < 4.78 is 23.6. The first kappa shape index (κ1) is 18.5. The second-order valence-electron chi connectivity index (χ2n) is 6.61. The van der Waals surface area contributed by atoms with Crippen LogP contribution >= 0.6 is 11.6 Å². The Balaban J connectivity index is 1.61. The van der Waals surface area contributed by atoms with Crippen LogP contribution in [0, 0.1) is 0 Å². The third-order valence-electron chi connectivity index (χ3n) is 4.68. The Hall–Kier alpha value is -1.27. The van der Waals surface area contributed by atoms with Gasteiger partial charge in [-0.1, -0.05) is 30.9 Å². The molecule has 1 aliphatic carbocycles. The molecule has 25 heavy (non-hydrogen) atoms. The minimum Gasteiger partial charge on any atom is -0.486 e. The van der Waals surface area contributed by atoms with Gasteiger partial charge in [0.25, 0.3) is 0 Å². The van der Waals surface area contributed by atoms with E-state index in [1.165, 1.54) is 6.42 Å². The molecular weight excluding hydrogens is 362 g/mol. The maximum atomic E-state index is 12.6. The summed E-state index contributed by atoms with van der Waals surface area (Å²) in [7, 11) is -1.33. The van der Waals surface area contributed by atoms with Crippen LogP contribution in [0.5, 0.6) is 11.5 Å². The molecule has 2 atom stereocenters. The Kier molecular flexibility index (Phi) is 6.23. The fraction of sp³-hybridized carbons (Fsp3) is 0.611. The van der Waals surface area contributed by atoms with Crippen molar-refractivity contribution in [1.82, 2.24) is 5.32 Å². The maximum absolute atomic E-state index is 12.6. The highest BCUT2D eigenvalue weighted by atomic mass is 35.5. The van der Waals surface area contributed by atoms with Gasteiger partial charge in [0.05, 0.1) is 5.02 Å². The lowest BCUT2D eigenvalue weighted by molar-refractivity contribution is -0.121. The van der Waals surface area contributed by atoms with Crippen LogP contribution in [-0.4, -0.2) is 34.6 Å². The molecule has 1 aromatic carbocycles. The summed E-state index contributed by atoms with van der Waals surface area (Å²) >= 11 is 6.22. The molecule has 138 valence electrons. The van der Waals surface area contributed by atoms with Crippen molar-refractivity contribution in [2.45, 2.75) is 56.1 Å². The van der Waals surface area contributed by atoms with Crippen LogP contribution in [0.2, 0.25) is 5.02 Å². The molecule has 0 saturated heterocycles. The second kappa shape index (κ2) is 8.41. The summed E-state index contributed by atoms with van der Waals surface area (Å²) in [6.45, 7) is 2.65. The summed E-state index contributed by atoms with van der Waals surface area (Å²) in [5.41, 5.74) is 0.782. The molecule has 0 aromatic heterocycles. The Morgan fingerprint density at radius 3 is 2.76 bits per heavy atom. The molecule has 5 nitrogen and oxygen atoms in total. The summed E-state index contributed by atoms with van der Waals surface area (Å²) in [4.78, 5) is 12.4. The van der Waals surface area contributed by atoms with Gasteiger partial charge in [-0.15, -0.1) is 0 Å². The average molecular weight is 386 g/mol. The lowest BCUT2D eigenvalue weighted by Crippen LogP contribution is -2.42. The van der Waals surface area contributed by atoms with Crippen LogP contribution < -0.4 is 14.8 Å². The van der Waals surface area contributed by atoms with Crippen molar-refractivity contribution >= 4 is 28.3 Å². The van der Waals surface area contributed by atoms with Gasteiger partial charge in [-0.2, -0.15) is 0 Å². The van der Waals surface area contributed by atoms with E-state index in [9.17, 15) is 9.00 Å². The summed E-state index contributed by atoms with van der Waals surface area (Å²) in [5, 5.41) is 2.93. The number of ether oxygens (including phenoxy) is 2. The topological polar surface area (TPSA) is 64.6 Å². The van der Waals surface area contributed by atoms with Crippen LogP contribution in [0.3, 0.4) is 0 Å². The number of benzene rings is 1. The summed E-state index contributed by atoms with van der Waals surface area (Å²) in [6.07, 6.45) is 5.57. The Bertz CT molecular complexity index is 661. The molecule has 1 fully saturated rings. The van der Waals surface area contributed by atoms with Crippen LogP contribution in [-0.2, 0) is 21.3 Å². The molecule has 3 rings (SSSR count). The standard InChI is InChI=1S/C18H24ClNO4S/c1-12(18(21)20-14-5-3-2-4-6-14)25(22)11-13-9-15(19)17-16(10-13)23-7-8-24-17/h9-10,12,14H,2-8,11H2,1H3,(H,20,21). The van der Waals surface area contributed by atoms with Crippen LogP contribution in [0.1, 0.15) is 44.6 Å². The molecule has 1 saturated carbocycles. The highest BCUT2D eigenvalue weighted by molar-refractivity contribution is 7.85. The van der Waals surface area contributed by atoms with Gasteiger partial charge in [-0.05, 0) is 37.5 Å². The molecule has 1 amide bonds. The largest absolute Gasteiger partial charge is 0.486 e. The smallest absolute Gasteiger partial charge is 0.235 e. The van der Waals surface area contributed by atoms with Crippen LogP contribution in [0.15, 0.2) is 12.1 Å². The third-order valence-corrected chi connectivity index (χ3v) is 6.58. The fourth-order valence-electron chi connectivity index (χ4n) is 3.22. The molecule has 1 N–H and O–H groups in total. The number of nitrogens with one attached hydrogen (secondary N) is 1. The monoisotopic (exact) mass is 385 g/mol. The number of amides is 1. The fourth-order valence-corrected chi connectivity index (χ4v) is 4.56. The van der Waals surface area contributed by atoms with Crippen LogP contribution in [0.25, 0.3) is 0 Å². The number of halogens is 1. The van der Waals surface area contributed by atoms with Crippen molar-refractivity contribution in [2.75, 3.05) is 13.2 Å². The molecule has 1 aliphatic heterocycles. The van der Waals surface area contributed by atoms with E-state index in [1.54, 1.807) is 19.1 Å². The lowest BCUT2D eigenvalue weighted by atomic mass is 9.95. The van der Waals surface area contributed by atoms with E-state index in [1.807, 2.05) is 0 Å². The Morgan fingerprint density at radius 2 is 2.00 bits per heavy atom. The molecule has 0 radical (unpaired) electrons. The first-order valence-corrected chi connectivity index (χ1v) is 10.6. The Morgan fingerprint density at radius 1 is 1.28 bits per heavy atom. The molecule has 0 bridgehead atoms. The van der Waals surface area contributed by atoms with E-state index in [0.717, 1.165) is 31.2 Å². The highest BCUT2D eigenvalue weighted by Crippen LogP contribution is 2.38. The molecule has 7 heteroatoms. The zero-order chi connectivity index (χ0) is 17.8. The third kappa shape index (κ3) is 4.67. The minimum atomic E-state index is -1.33. The number of hydrogen-bond acceptors (Lipinski definition) is 4. The van der Waals surface area contributed by atoms with Crippen molar-refractivity contribution in [3.8, 4) is 11.5 Å². The van der Waals surface area contributed by atoms with Crippen molar-refractivity contribution in [3.63, 3.8) is 0 Å². The van der Waals surface area contributed by atoms with Gasteiger partial charge in [0.15, 0.2) is 11.5 Å². The van der Waals surface area contributed by atoms with Crippen LogP contribution in [0.4, 0.5) is 0 Å². The average Bonchev–Trinajstić information content (AvgIpc) is 2.62. The molecule has 0 spiro atoms. The zero-order valence-corrected chi connectivity index (χ0v) is 16.0. The predicted molar refractivity (Wildman–Crippen MR) is 98.8 cm³/mol. The van der Waals surface area contributed by atoms with Crippen molar-refractivity contribution < 1.29 is 18.5 Å². The quantitative estimate of drug-likeness (QED) is 0.845. The lowest BCUT2D eigenvalue weighted by Gasteiger charge is -2.24. The van der Waals surface area contributed by atoms with Gasteiger partial charge in [-0.25, -0.2) is 0 Å². The van der Waals surface area contributed by atoms with Gasteiger partial charge in [0, 0.05) is 22.6 Å². The predicted octanol–water partition coefficient (Wildman–Crippen LogP) is 3.20. The van der Waals surface area contributed by atoms with Gasteiger partial charge < -0.3 is 14.8 Å². The van der Waals surface area contributed by atoms with Gasteiger partial charge in [0.1, 0.15) is 18.5 Å². The minimum absolute atomic E-state index is 0.131. The number of hydrogen-bond donors (Lipinski definition) is 1. The zero-order valence-electron chi connectivity index (χ0n) is 14.4. The molecule has 1 aromatic rings.